The van der Waals surface area contributed by atoms with Gasteiger partial charge >= 0.3 is 0 Å². The largest absolute Gasteiger partial charge is 0.484 e. The van der Waals surface area contributed by atoms with Crippen LogP contribution in [0.4, 0.5) is 0 Å². The molecule has 1 aliphatic heterocycles. The molecule has 0 saturated carbocycles. The van der Waals surface area contributed by atoms with Gasteiger partial charge in [0.1, 0.15) is 13.2 Å². The fourth-order valence-corrected chi connectivity index (χ4v) is 4.61. The predicted octanol–water partition coefficient (Wildman–Crippen LogP) is 2.38. The molecule has 0 unspecified atom stereocenters. The average Bonchev–Trinajstić information content (AvgIpc) is 2.93. The van der Waals surface area contributed by atoms with Crippen LogP contribution in [0.1, 0.15) is 29.7 Å². The van der Waals surface area contributed by atoms with Crippen LogP contribution >= 0.6 is 11.3 Å². The number of pyridine rings is 1. The first kappa shape index (κ1) is 16.2. The molecular formula is C15H18N2O4S2. The van der Waals surface area contributed by atoms with Gasteiger partial charge in [-0.25, -0.2) is 18.4 Å². The Balaban J connectivity index is 1.70. The molecule has 2 aromatic rings. The van der Waals surface area contributed by atoms with Gasteiger partial charge in [-0.05, 0) is 25.0 Å². The SMILES string of the molecule is CCCc1nc(CS(=O)(=O)Cc2ccc3c(n2)OCCO3)cs1. The zero-order valence-corrected chi connectivity index (χ0v) is 14.5. The summed E-state index contributed by atoms with van der Waals surface area (Å²) >= 11 is 1.51. The Morgan fingerprint density at radius 3 is 2.74 bits per heavy atom. The lowest BCUT2D eigenvalue weighted by Crippen LogP contribution is -2.17. The van der Waals surface area contributed by atoms with E-state index in [0.717, 1.165) is 17.8 Å². The van der Waals surface area contributed by atoms with E-state index in [9.17, 15) is 8.42 Å². The Kier molecular flexibility index (Phi) is 4.82. The molecule has 124 valence electrons. The molecule has 8 heteroatoms. The molecule has 0 spiro atoms. The van der Waals surface area contributed by atoms with Crippen molar-refractivity contribution in [2.24, 2.45) is 0 Å². The molecule has 0 radical (unpaired) electrons. The molecule has 23 heavy (non-hydrogen) atoms. The lowest BCUT2D eigenvalue weighted by atomic mass is 10.3. The topological polar surface area (TPSA) is 78.4 Å². The first-order valence-corrected chi connectivity index (χ1v) is 10.1. The summed E-state index contributed by atoms with van der Waals surface area (Å²) in [5.74, 6) is 0.720. The summed E-state index contributed by atoms with van der Waals surface area (Å²) in [7, 11) is -3.33. The van der Waals surface area contributed by atoms with E-state index in [1.54, 1.807) is 12.1 Å². The molecule has 0 N–H and O–H groups in total. The first-order valence-electron chi connectivity index (χ1n) is 7.45. The molecule has 0 saturated heterocycles. The van der Waals surface area contributed by atoms with Gasteiger partial charge in [0.05, 0.1) is 27.9 Å². The van der Waals surface area contributed by atoms with Gasteiger partial charge in [0.15, 0.2) is 15.6 Å². The van der Waals surface area contributed by atoms with Crippen molar-refractivity contribution in [1.82, 2.24) is 9.97 Å². The highest BCUT2D eigenvalue weighted by atomic mass is 32.2. The Morgan fingerprint density at radius 1 is 1.13 bits per heavy atom. The van der Waals surface area contributed by atoms with Gasteiger partial charge in [0.2, 0.25) is 0 Å². The Morgan fingerprint density at radius 2 is 1.91 bits per heavy atom. The summed E-state index contributed by atoms with van der Waals surface area (Å²) in [6.07, 6.45) is 1.88. The molecule has 3 heterocycles. The van der Waals surface area contributed by atoms with Crippen LogP contribution in [0.3, 0.4) is 0 Å². The fraction of sp³-hybridized carbons (Fsp3) is 0.467. The van der Waals surface area contributed by atoms with E-state index in [1.165, 1.54) is 11.3 Å². The number of hydrogen-bond donors (Lipinski definition) is 0. The molecule has 1 aliphatic rings. The second kappa shape index (κ2) is 6.84. The van der Waals surface area contributed by atoms with E-state index in [0.29, 0.717) is 36.2 Å². The number of sulfone groups is 1. The van der Waals surface area contributed by atoms with E-state index < -0.39 is 9.84 Å². The number of fused-ring (bicyclic) bond motifs is 1. The van der Waals surface area contributed by atoms with Gasteiger partial charge < -0.3 is 9.47 Å². The molecule has 0 aromatic carbocycles. The second-order valence-corrected chi connectivity index (χ2v) is 8.32. The number of thiazole rings is 1. The zero-order valence-electron chi connectivity index (χ0n) is 12.8. The van der Waals surface area contributed by atoms with Crippen LogP contribution in [0, 0.1) is 0 Å². The molecule has 0 aliphatic carbocycles. The highest BCUT2D eigenvalue weighted by molar-refractivity contribution is 7.89. The number of ether oxygens (including phenoxy) is 2. The van der Waals surface area contributed by atoms with Crippen molar-refractivity contribution < 1.29 is 17.9 Å². The number of hydrogen-bond acceptors (Lipinski definition) is 7. The lowest BCUT2D eigenvalue weighted by molar-refractivity contribution is 0.164. The summed E-state index contributed by atoms with van der Waals surface area (Å²) in [6.45, 7) is 2.98. The number of aromatic nitrogens is 2. The third-order valence-corrected chi connectivity index (χ3v) is 5.69. The van der Waals surface area contributed by atoms with Crippen molar-refractivity contribution in [2.75, 3.05) is 13.2 Å². The van der Waals surface area contributed by atoms with Crippen LogP contribution in [-0.4, -0.2) is 31.6 Å². The van der Waals surface area contributed by atoms with Crippen LogP contribution in [0.2, 0.25) is 0 Å². The summed E-state index contributed by atoms with van der Waals surface area (Å²) in [4.78, 5) is 8.60. The fourth-order valence-electron chi connectivity index (χ4n) is 2.30. The van der Waals surface area contributed by atoms with Crippen molar-refractivity contribution in [3.05, 3.63) is 33.9 Å². The van der Waals surface area contributed by atoms with Crippen LogP contribution in [0.25, 0.3) is 0 Å². The van der Waals surface area contributed by atoms with Crippen molar-refractivity contribution >= 4 is 21.2 Å². The summed E-state index contributed by atoms with van der Waals surface area (Å²) in [5, 5.41) is 2.80. The minimum atomic E-state index is -3.33. The van der Waals surface area contributed by atoms with Crippen LogP contribution in [-0.2, 0) is 27.8 Å². The van der Waals surface area contributed by atoms with Crippen molar-refractivity contribution in [2.45, 2.75) is 31.3 Å². The Bertz CT molecular complexity index is 787. The minimum Gasteiger partial charge on any atom is -0.484 e. The van der Waals surface area contributed by atoms with Crippen molar-refractivity contribution in [3.63, 3.8) is 0 Å². The van der Waals surface area contributed by atoms with Crippen LogP contribution in [0.5, 0.6) is 11.6 Å². The van der Waals surface area contributed by atoms with Gasteiger partial charge in [-0.1, -0.05) is 6.92 Å². The van der Waals surface area contributed by atoms with Gasteiger partial charge in [0, 0.05) is 5.38 Å². The van der Waals surface area contributed by atoms with Gasteiger partial charge in [-0.15, -0.1) is 11.3 Å². The lowest BCUT2D eigenvalue weighted by Gasteiger charge is -2.17. The van der Waals surface area contributed by atoms with Crippen molar-refractivity contribution in [3.8, 4) is 11.6 Å². The predicted molar refractivity (Wildman–Crippen MR) is 87.7 cm³/mol. The van der Waals surface area contributed by atoms with E-state index in [-0.39, 0.29) is 11.5 Å². The maximum absolute atomic E-state index is 12.4. The van der Waals surface area contributed by atoms with Crippen LogP contribution in [0.15, 0.2) is 17.5 Å². The molecule has 0 bridgehead atoms. The number of rotatable bonds is 6. The van der Waals surface area contributed by atoms with Crippen molar-refractivity contribution in [1.29, 1.82) is 0 Å². The number of aryl methyl sites for hydroxylation is 1. The highest BCUT2D eigenvalue weighted by Gasteiger charge is 2.19. The monoisotopic (exact) mass is 354 g/mol. The maximum Gasteiger partial charge on any atom is 0.257 e. The van der Waals surface area contributed by atoms with Crippen LogP contribution < -0.4 is 9.47 Å². The third kappa shape index (κ3) is 4.20. The second-order valence-electron chi connectivity index (χ2n) is 5.32. The molecule has 0 fully saturated rings. The Labute approximate surface area is 139 Å². The molecular weight excluding hydrogens is 336 g/mol. The smallest absolute Gasteiger partial charge is 0.257 e. The third-order valence-electron chi connectivity index (χ3n) is 3.26. The van der Waals surface area contributed by atoms with Gasteiger partial charge in [-0.2, -0.15) is 0 Å². The van der Waals surface area contributed by atoms with Gasteiger partial charge in [-0.3, -0.25) is 0 Å². The highest BCUT2D eigenvalue weighted by Crippen LogP contribution is 2.28. The van der Waals surface area contributed by atoms with E-state index >= 15 is 0 Å². The molecule has 6 nitrogen and oxygen atoms in total. The molecule has 3 rings (SSSR count). The molecule has 0 atom stereocenters. The minimum absolute atomic E-state index is 0.0661. The zero-order chi connectivity index (χ0) is 16.3. The molecule has 0 amide bonds. The quantitative estimate of drug-likeness (QED) is 0.792. The summed E-state index contributed by atoms with van der Waals surface area (Å²) in [5.41, 5.74) is 1.06. The van der Waals surface area contributed by atoms with E-state index in [1.807, 2.05) is 5.38 Å². The summed E-state index contributed by atoms with van der Waals surface area (Å²) < 4.78 is 35.5. The normalized spacial score (nSPS) is 14.0. The maximum atomic E-state index is 12.4. The molecule has 2 aromatic heterocycles. The van der Waals surface area contributed by atoms with Gasteiger partial charge in [0.25, 0.3) is 5.88 Å². The first-order chi connectivity index (χ1) is 11.1. The standard InChI is InChI=1S/C15H18N2O4S2/c1-2-3-14-16-12(8-22-14)10-23(18,19)9-11-4-5-13-15(17-11)21-7-6-20-13/h4-5,8H,2-3,6-7,9-10H2,1H3. The Hall–Kier alpha value is -1.67. The van der Waals surface area contributed by atoms with E-state index in [2.05, 4.69) is 16.9 Å². The summed E-state index contributed by atoms with van der Waals surface area (Å²) in [6, 6.07) is 3.36. The average molecular weight is 354 g/mol. The number of nitrogens with zero attached hydrogens (tertiary/aromatic N) is 2. The van der Waals surface area contributed by atoms with E-state index in [4.69, 9.17) is 9.47 Å².